The largest absolute Gasteiger partial charge is 0.377 e. The van der Waals surface area contributed by atoms with E-state index >= 15 is 0 Å². The Hall–Kier alpha value is -2.89. The van der Waals surface area contributed by atoms with Crippen LogP contribution in [0.25, 0.3) is 16.9 Å². The summed E-state index contributed by atoms with van der Waals surface area (Å²) in [7, 11) is 0. The summed E-state index contributed by atoms with van der Waals surface area (Å²) in [5, 5.41) is 3.47. The van der Waals surface area contributed by atoms with E-state index in [9.17, 15) is 8.78 Å². The molecular weight excluding hydrogens is 516 g/mol. The maximum atomic E-state index is 14.2. The second-order valence-corrected chi connectivity index (χ2v) is 12.0. The zero-order valence-electron chi connectivity index (χ0n) is 23.5. The Kier molecular flexibility index (Phi) is 7.62. The summed E-state index contributed by atoms with van der Waals surface area (Å²) >= 11 is 0. The number of ether oxygens (including phenoxy) is 2. The van der Waals surface area contributed by atoms with Crippen LogP contribution in [-0.4, -0.2) is 81.7 Å². The maximum Gasteiger partial charge on any atom is 0.296 e. The molecule has 0 spiro atoms. The van der Waals surface area contributed by atoms with Crippen LogP contribution in [-0.2, 0) is 9.47 Å². The van der Waals surface area contributed by atoms with Crippen LogP contribution < -0.4 is 10.2 Å². The number of nitrogens with one attached hydrogen (secondary N) is 1. The molecule has 1 N–H and O–H groups in total. The summed E-state index contributed by atoms with van der Waals surface area (Å²) in [6.07, 6.45) is 1.77. The maximum absolute atomic E-state index is 14.2. The van der Waals surface area contributed by atoms with Gasteiger partial charge in [0.1, 0.15) is 18.4 Å². The number of halogens is 2. The number of alkyl halides is 2. The fourth-order valence-electron chi connectivity index (χ4n) is 6.28. The molecule has 3 aromatic rings. The van der Waals surface area contributed by atoms with E-state index in [1.165, 1.54) is 4.57 Å². The summed E-state index contributed by atoms with van der Waals surface area (Å²) in [5.41, 5.74) is 1.04. The van der Waals surface area contributed by atoms with E-state index in [1.54, 1.807) is 24.3 Å². The molecule has 9 nitrogen and oxygen atoms in total. The van der Waals surface area contributed by atoms with E-state index in [2.05, 4.69) is 40.9 Å². The summed E-state index contributed by atoms with van der Waals surface area (Å²) in [4.78, 5) is 18.5. The summed E-state index contributed by atoms with van der Waals surface area (Å²) < 4.78 is 41.4. The molecule has 1 aliphatic carbocycles. The van der Waals surface area contributed by atoms with Gasteiger partial charge in [0.2, 0.25) is 5.95 Å². The Morgan fingerprint density at radius 3 is 2.58 bits per heavy atom. The van der Waals surface area contributed by atoms with Crippen molar-refractivity contribution in [2.24, 2.45) is 5.92 Å². The van der Waals surface area contributed by atoms with Crippen molar-refractivity contribution in [2.45, 2.75) is 70.6 Å². The van der Waals surface area contributed by atoms with Gasteiger partial charge in [0, 0.05) is 31.7 Å². The van der Waals surface area contributed by atoms with Gasteiger partial charge < -0.3 is 19.7 Å². The Morgan fingerprint density at radius 2 is 1.85 bits per heavy atom. The first kappa shape index (κ1) is 27.3. The predicted molar refractivity (Wildman–Crippen MR) is 150 cm³/mol. The third kappa shape index (κ3) is 5.64. The van der Waals surface area contributed by atoms with Crippen LogP contribution in [0.4, 0.5) is 20.5 Å². The molecule has 2 aromatic heterocycles. The molecule has 216 valence electrons. The van der Waals surface area contributed by atoms with Gasteiger partial charge in [0.15, 0.2) is 5.82 Å². The van der Waals surface area contributed by atoms with Crippen molar-refractivity contribution in [2.75, 3.05) is 49.8 Å². The normalized spacial score (nSPS) is 25.6. The van der Waals surface area contributed by atoms with Crippen LogP contribution in [0.15, 0.2) is 30.3 Å². The van der Waals surface area contributed by atoms with Crippen LogP contribution in [0.1, 0.15) is 58.7 Å². The van der Waals surface area contributed by atoms with Crippen molar-refractivity contribution >= 4 is 22.8 Å². The average Bonchev–Trinajstić information content (AvgIpc) is 3.52. The number of nitrogens with zero attached hydrogens (tertiary/aromatic N) is 6. The van der Waals surface area contributed by atoms with Crippen LogP contribution >= 0.6 is 0 Å². The first-order valence-electron chi connectivity index (χ1n) is 14.4. The van der Waals surface area contributed by atoms with Gasteiger partial charge in [-0.2, -0.15) is 9.97 Å². The zero-order valence-corrected chi connectivity index (χ0v) is 23.5. The number of para-hydroxylation sites is 2. The molecule has 40 heavy (non-hydrogen) atoms. The number of fused-ring (bicyclic) bond motifs is 1. The number of rotatable bonds is 7. The molecule has 0 unspecified atom stereocenters. The highest BCUT2D eigenvalue weighted by Crippen LogP contribution is 2.33. The topological polar surface area (TPSA) is 80.6 Å². The van der Waals surface area contributed by atoms with Gasteiger partial charge in [0.05, 0.1) is 35.9 Å². The first-order valence-corrected chi connectivity index (χ1v) is 14.4. The summed E-state index contributed by atoms with van der Waals surface area (Å²) in [6.45, 7) is 10.7. The van der Waals surface area contributed by atoms with Gasteiger partial charge in [-0.1, -0.05) is 12.1 Å². The van der Waals surface area contributed by atoms with Crippen molar-refractivity contribution in [3.63, 3.8) is 0 Å². The molecule has 0 amide bonds. The minimum atomic E-state index is -2.74. The molecule has 1 aromatic carbocycles. The third-order valence-corrected chi connectivity index (χ3v) is 8.46. The Labute approximate surface area is 233 Å². The van der Waals surface area contributed by atoms with Crippen molar-refractivity contribution < 1.29 is 18.3 Å². The van der Waals surface area contributed by atoms with Crippen LogP contribution in [0.2, 0.25) is 0 Å². The minimum Gasteiger partial charge on any atom is -0.377 e. The molecule has 6 rings (SSSR count). The average molecular weight is 556 g/mol. The van der Waals surface area contributed by atoms with E-state index in [1.807, 2.05) is 6.07 Å². The molecule has 0 radical (unpaired) electrons. The number of benzene rings is 1. The van der Waals surface area contributed by atoms with Crippen molar-refractivity contribution in [1.82, 2.24) is 24.4 Å². The fraction of sp³-hybridized carbons (Fsp3) is 0.621. The fourth-order valence-corrected chi connectivity index (χ4v) is 6.28. The monoisotopic (exact) mass is 555 g/mol. The molecule has 1 saturated carbocycles. The number of hydrogen-bond acceptors (Lipinski definition) is 8. The van der Waals surface area contributed by atoms with Crippen molar-refractivity contribution in [3.05, 3.63) is 36.2 Å². The molecule has 3 fully saturated rings. The van der Waals surface area contributed by atoms with Crippen molar-refractivity contribution in [3.8, 4) is 5.82 Å². The van der Waals surface area contributed by atoms with Gasteiger partial charge in [-0.05, 0) is 64.5 Å². The lowest BCUT2D eigenvalue weighted by atomic mass is 9.85. The molecule has 3 aliphatic rings. The highest BCUT2D eigenvalue weighted by molar-refractivity contribution is 5.78. The lowest BCUT2D eigenvalue weighted by Crippen LogP contribution is -2.44. The summed E-state index contributed by atoms with van der Waals surface area (Å²) in [5.74, 6) is 1.70. The SMILES string of the molecule is C[C@H]1COCCN1c1cc(-n2c(C(F)F)nc3ccccc32)nc(NCC2CCC(N3COC(C)(C)C3)CC2)n1. The highest BCUT2D eigenvalue weighted by atomic mass is 19.3. The van der Waals surface area contributed by atoms with E-state index < -0.39 is 6.43 Å². The number of morpholine rings is 1. The van der Waals surface area contributed by atoms with Gasteiger partial charge in [-0.15, -0.1) is 0 Å². The minimum absolute atomic E-state index is 0.0683. The number of hydrogen-bond donors (Lipinski definition) is 1. The Bertz CT molecular complexity index is 1320. The zero-order chi connectivity index (χ0) is 27.9. The van der Waals surface area contributed by atoms with Crippen LogP contribution in [0, 0.1) is 5.92 Å². The third-order valence-electron chi connectivity index (χ3n) is 8.46. The van der Waals surface area contributed by atoms with Gasteiger partial charge >= 0.3 is 0 Å². The molecule has 4 heterocycles. The number of aromatic nitrogens is 4. The van der Waals surface area contributed by atoms with E-state index in [4.69, 9.17) is 19.4 Å². The second kappa shape index (κ2) is 11.2. The Balaban J connectivity index is 1.24. The lowest BCUT2D eigenvalue weighted by molar-refractivity contribution is 0.0242. The Morgan fingerprint density at radius 1 is 1.07 bits per heavy atom. The van der Waals surface area contributed by atoms with E-state index in [0.29, 0.717) is 67.1 Å². The number of imidazole rings is 1. The van der Waals surface area contributed by atoms with E-state index in [0.717, 1.165) is 38.8 Å². The molecular formula is C29H39F2N7O2. The molecule has 1 atom stereocenters. The highest BCUT2D eigenvalue weighted by Gasteiger charge is 2.36. The smallest absolute Gasteiger partial charge is 0.296 e. The van der Waals surface area contributed by atoms with Crippen LogP contribution in [0.5, 0.6) is 0 Å². The predicted octanol–water partition coefficient (Wildman–Crippen LogP) is 5.02. The lowest BCUT2D eigenvalue weighted by Gasteiger charge is -2.35. The molecule has 2 saturated heterocycles. The van der Waals surface area contributed by atoms with Crippen LogP contribution in [0.3, 0.4) is 0 Å². The quantitative estimate of drug-likeness (QED) is 0.436. The van der Waals surface area contributed by atoms with E-state index in [-0.39, 0.29) is 17.5 Å². The van der Waals surface area contributed by atoms with Gasteiger partial charge in [-0.3, -0.25) is 9.47 Å². The van der Waals surface area contributed by atoms with Crippen molar-refractivity contribution in [1.29, 1.82) is 0 Å². The molecule has 11 heteroatoms. The number of anilines is 2. The standard InChI is InChI=1S/C29H39F2N7O2/c1-19-16-39-13-12-37(19)24-14-25(38-23-7-5-4-6-22(23)33-27(38)26(30)31)35-28(34-24)32-15-20-8-10-21(11-9-20)36-17-29(2,3)40-18-36/h4-7,14,19-21,26H,8-13,15-18H2,1-3H3,(H,32,34,35)/t19-,20?,21?/m0/s1. The summed E-state index contributed by atoms with van der Waals surface area (Å²) in [6, 6.07) is 9.63. The molecule has 2 aliphatic heterocycles. The second-order valence-electron chi connectivity index (χ2n) is 12.0. The first-order chi connectivity index (χ1) is 19.3. The van der Waals surface area contributed by atoms with Gasteiger partial charge in [0.25, 0.3) is 6.43 Å². The molecule has 0 bridgehead atoms. The van der Waals surface area contributed by atoms with Gasteiger partial charge in [-0.25, -0.2) is 13.8 Å².